The van der Waals surface area contributed by atoms with Gasteiger partial charge in [-0.2, -0.15) is 0 Å². The summed E-state index contributed by atoms with van der Waals surface area (Å²) in [5.41, 5.74) is 1.09. The van der Waals surface area contributed by atoms with Crippen molar-refractivity contribution >= 4 is 28.8 Å². The first-order chi connectivity index (χ1) is 10.2. The number of rotatable bonds is 6. The Labute approximate surface area is 134 Å². The third-order valence-corrected chi connectivity index (χ3v) is 3.31. The van der Waals surface area contributed by atoms with Gasteiger partial charge in [0.1, 0.15) is 11.5 Å². The molecule has 0 saturated heterocycles. The number of hydrogen-bond donors (Lipinski definition) is 2. The predicted molar refractivity (Wildman–Crippen MR) is 89.4 cm³/mol. The number of halogens is 1. The van der Waals surface area contributed by atoms with E-state index in [2.05, 4.69) is 5.32 Å². The van der Waals surface area contributed by atoms with E-state index in [0.717, 1.165) is 22.1 Å². The summed E-state index contributed by atoms with van der Waals surface area (Å²) in [5, 5.41) is 12.4. The van der Waals surface area contributed by atoms with Gasteiger partial charge in [0.05, 0.1) is 11.6 Å². The van der Waals surface area contributed by atoms with Gasteiger partial charge >= 0.3 is 0 Å². The van der Waals surface area contributed by atoms with Gasteiger partial charge < -0.3 is 15.2 Å². The van der Waals surface area contributed by atoms with Crippen molar-refractivity contribution in [1.82, 2.24) is 5.32 Å². The van der Waals surface area contributed by atoms with E-state index in [0.29, 0.717) is 18.0 Å². The molecular formula is C16H16ClNO2S. The van der Waals surface area contributed by atoms with Crippen LogP contribution in [0.2, 0.25) is 5.02 Å². The molecule has 2 aromatic rings. The molecule has 0 amide bonds. The molecule has 0 atom stereocenters. The lowest BCUT2D eigenvalue weighted by Crippen LogP contribution is -2.26. The molecule has 2 aromatic carbocycles. The molecule has 0 saturated carbocycles. The minimum Gasteiger partial charge on any atom is -0.457 e. The van der Waals surface area contributed by atoms with Crippen molar-refractivity contribution in [2.24, 2.45) is 0 Å². The Morgan fingerprint density at radius 1 is 1.05 bits per heavy atom. The van der Waals surface area contributed by atoms with E-state index in [1.165, 1.54) is 0 Å². The summed E-state index contributed by atoms with van der Waals surface area (Å²) in [6, 6.07) is 15.0. The van der Waals surface area contributed by atoms with E-state index >= 15 is 0 Å². The van der Waals surface area contributed by atoms with Crippen LogP contribution in [0.1, 0.15) is 5.56 Å². The van der Waals surface area contributed by atoms with E-state index in [1.807, 2.05) is 36.4 Å². The van der Waals surface area contributed by atoms with Gasteiger partial charge in [0, 0.05) is 18.0 Å². The maximum Gasteiger partial charge on any atom is 0.127 e. The van der Waals surface area contributed by atoms with E-state index in [-0.39, 0.29) is 6.61 Å². The third-order valence-electron chi connectivity index (χ3n) is 2.77. The summed E-state index contributed by atoms with van der Waals surface area (Å²) in [6.07, 6.45) is 0.649. The summed E-state index contributed by atoms with van der Waals surface area (Å²) < 4.78 is 5.72. The normalized spacial score (nSPS) is 10.2. The Balaban J connectivity index is 1.92. The number of nitrogens with one attached hydrogen (secondary N) is 1. The highest BCUT2D eigenvalue weighted by molar-refractivity contribution is 7.80. The molecule has 0 unspecified atom stereocenters. The minimum absolute atomic E-state index is 0.0774. The van der Waals surface area contributed by atoms with Crippen LogP contribution in [-0.2, 0) is 6.42 Å². The van der Waals surface area contributed by atoms with Gasteiger partial charge in [0.2, 0.25) is 0 Å². The molecule has 0 spiro atoms. The smallest absolute Gasteiger partial charge is 0.127 e. The lowest BCUT2D eigenvalue weighted by Gasteiger charge is -2.08. The summed E-state index contributed by atoms with van der Waals surface area (Å²) in [5.74, 6) is 1.50. The van der Waals surface area contributed by atoms with Crippen molar-refractivity contribution in [1.29, 1.82) is 0 Å². The van der Waals surface area contributed by atoms with Crippen LogP contribution in [0.15, 0.2) is 48.5 Å². The lowest BCUT2D eigenvalue weighted by atomic mass is 10.1. The molecule has 110 valence electrons. The molecule has 21 heavy (non-hydrogen) atoms. The largest absolute Gasteiger partial charge is 0.457 e. The third kappa shape index (κ3) is 5.34. The topological polar surface area (TPSA) is 41.5 Å². The van der Waals surface area contributed by atoms with Crippen molar-refractivity contribution in [2.45, 2.75) is 6.42 Å². The van der Waals surface area contributed by atoms with Gasteiger partial charge in [-0.25, -0.2) is 0 Å². The van der Waals surface area contributed by atoms with E-state index in [1.54, 1.807) is 12.1 Å². The number of benzene rings is 2. The van der Waals surface area contributed by atoms with Crippen LogP contribution in [0.3, 0.4) is 0 Å². The Morgan fingerprint density at radius 3 is 2.19 bits per heavy atom. The van der Waals surface area contributed by atoms with Crippen LogP contribution in [0, 0.1) is 0 Å². The second-order valence-corrected chi connectivity index (χ2v) is 5.38. The van der Waals surface area contributed by atoms with Crippen LogP contribution in [0.4, 0.5) is 0 Å². The average Bonchev–Trinajstić information content (AvgIpc) is 2.49. The molecule has 3 nitrogen and oxygen atoms in total. The number of thiocarbonyl (C=S) groups is 1. The molecule has 2 N–H and O–H groups in total. The molecule has 0 bridgehead atoms. The second kappa shape index (κ2) is 7.98. The SMILES string of the molecule is OCCNC(=S)Cc1ccc(Oc2ccc(Cl)cc2)cc1. The van der Waals surface area contributed by atoms with E-state index < -0.39 is 0 Å². The van der Waals surface area contributed by atoms with Gasteiger partial charge in [0.15, 0.2) is 0 Å². The lowest BCUT2D eigenvalue weighted by molar-refractivity contribution is 0.300. The van der Waals surface area contributed by atoms with E-state index in [9.17, 15) is 0 Å². The fourth-order valence-corrected chi connectivity index (χ4v) is 2.15. The predicted octanol–water partition coefficient (Wildman–Crippen LogP) is 3.58. The highest BCUT2D eigenvalue weighted by Gasteiger charge is 2.01. The maximum absolute atomic E-state index is 8.73. The van der Waals surface area contributed by atoms with Gasteiger partial charge in [-0.1, -0.05) is 36.0 Å². The highest BCUT2D eigenvalue weighted by atomic mass is 35.5. The number of hydrogen-bond acceptors (Lipinski definition) is 3. The Kier molecular flexibility index (Phi) is 5.99. The van der Waals surface area contributed by atoms with Crippen LogP contribution >= 0.6 is 23.8 Å². The molecule has 0 heterocycles. The second-order valence-electron chi connectivity index (χ2n) is 4.45. The van der Waals surface area contributed by atoms with Gasteiger partial charge in [-0.3, -0.25) is 0 Å². The van der Waals surface area contributed by atoms with E-state index in [4.69, 9.17) is 33.7 Å². The molecule has 0 radical (unpaired) electrons. The van der Waals surface area contributed by atoms with Crippen molar-refractivity contribution in [3.05, 3.63) is 59.1 Å². The fourth-order valence-electron chi connectivity index (χ4n) is 1.76. The zero-order valence-corrected chi connectivity index (χ0v) is 13.0. The van der Waals surface area contributed by atoms with Gasteiger partial charge in [-0.15, -0.1) is 0 Å². The van der Waals surface area contributed by atoms with Crippen molar-refractivity contribution < 1.29 is 9.84 Å². The first kappa shape index (κ1) is 15.8. The summed E-state index contributed by atoms with van der Waals surface area (Å²) in [7, 11) is 0. The quantitative estimate of drug-likeness (QED) is 0.798. The number of aliphatic hydroxyl groups is 1. The minimum atomic E-state index is 0.0774. The highest BCUT2D eigenvalue weighted by Crippen LogP contribution is 2.23. The molecule has 0 aromatic heterocycles. The molecule has 0 aliphatic rings. The van der Waals surface area contributed by atoms with Gasteiger partial charge in [-0.05, 0) is 42.0 Å². The van der Waals surface area contributed by atoms with Crippen molar-refractivity contribution in [3.63, 3.8) is 0 Å². The number of aliphatic hydroxyl groups excluding tert-OH is 1. The Hall–Kier alpha value is -1.62. The zero-order valence-electron chi connectivity index (χ0n) is 11.4. The Morgan fingerprint density at radius 2 is 1.62 bits per heavy atom. The standard InChI is InChI=1S/C16H16ClNO2S/c17-13-3-7-15(8-4-13)20-14-5-1-12(2-6-14)11-16(21)18-9-10-19/h1-8,19H,9-11H2,(H,18,21). The molecular weight excluding hydrogens is 306 g/mol. The summed E-state index contributed by atoms with van der Waals surface area (Å²) in [6.45, 7) is 0.560. The van der Waals surface area contributed by atoms with Gasteiger partial charge in [0.25, 0.3) is 0 Å². The summed E-state index contributed by atoms with van der Waals surface area (Å²) >= 11 is 11.0. The monoisotopic (exact) mass is 321 g/mol. The number of ether oxygens (including phenoxy) is 1. The molecule has 0 aliphatic heterocycles. The van der Waals surface area contributed by atoms with Crippen LogP contribution in [0.5, 0.6) is 11.5 Å². The molecule has 2 rings (SSSR count). The molecule has 5 heteroatoms. The summed E-state index contributed by atoms with van der Waals surface area (Å²) in [4.78, 5) is 0.718. The molecule has 0 fully saturated rings. The maximum atomic E-state index is 8.73. The zero-order chi connectivity index (χ0) is 15.1. The van der Waals surface area contributed by atoms with Crippen LogP contribution < -0.4 is 10.1 Å². The van der Waals surface area contributed by atoms with Crippen LogP contribution in [0.25, 0.3) is 0 Å². The first-order valence-corrected chi connectivity index (χ1v) is 7.36. The van der Waals surface area contributed by atoms with Crippen molar-refractivity contribution in [2.75, 3.05) is 13.2 Å². The van der Waals surface area contributed by atoms with Crippen LogP contribution in [-0.4, -0.2) is 23.2 Å². The Bertz CT molecular complexity index is 584. The molecule has 0 aliphatic carbocycles. The average molecular weight is 322 g/mol. The fraction of sp³-hybridized carbons (Fsp3) is 0.188. The van der Waals surface area contributed by atoms with Crippen molar-refractivity contribution in [3.8, 4) is 11.5 Å². The first-order valence-electron chi connectivity index (χ1n) is 6.57.